The maximum absolute atomic E-state index is 13.7. The molecule has 2 nitrogen and oxygen atoms in total. The largest absolute Gasteiger partial charge is 0.389 e. The highest BCUT2D eigenvalue weighted by Gasteiger charge is 2.13. The molecule has 0 unspecified atom stereocenters. The highest BCUT2D eigenvalue weighted by atomic mass is 79.9. The summed E-state index contributed by atoms with van der Waals surface area (Å²) in [7, 11) is 0. The van der Waals surface area contributed by atoms with E-state index in [1.807, 2.05) is 0 Å². The van der Waals surface area contributed by atoms with Gasteiger partial charge in [-0.25, -0.2) is 13.2 Å². The molecule has 104 valence electrons. The van der Waals surface area contributed by atoms with Crippen molar-refractivity contribution in [1.29, 1.82) is 0 Å². The van der Waals surface area contributed by atoms with Crippen molar-refractivity contribution in [3.8, 4) is 0 Å². The average Bonchev–Trinajstić information content (AvgIpc) is 2.34. The zero-order valence-electron chi connectivity index (χ0n) is 9.88. The van der Waals surface area contributed by atoms with E-state index >= 15 is 0 Å². The van der Waals surface area contributed by atoms with Crippen molar-refractivity contribution < 1.29 is 13.2 Å². The molecular weight excluding hydrogens is 353 g/mol. The highest BCUT2D eigenvalue weighted by molar-refractivity contribution is 9.10. The van der Waals surface area contributed by atoms with E-state index < -0.39 is 17.5 Å². The molecule has 2 rings (SSSR count). The summed E-state index contributed by atoms with van der Waals surface area (Å²) in [6, 6.07) is 5.53. The Hall–Kier alpha value is -1.60. The Morgan fingerprint density at radius 3 is 2.40 bits per heavy atom. The van der Waals surface area contributed by atoms with Crippen LogP contribution in [-0.4, -0.2) is 4.99 Å². The number of hydrogen-bond acceptors (Lipinski definition) is 2. The maximum atomic E-state index is 13.7. The molecule has 0 aromatic heterocycles. The summed E-state index contributed by atoms with van der Waals surface area (Å²) >= 11 is 7.87. The topological polar surface area (TPSA) is 38.0 Å². The normalized spacial score (nSPS) is 10.4. The average molecular weight is 361 g/mol. The third kappa shape index (κ3) is 3.10. The third-order valence-electron chi connectivity index (χ3n) is 2.51. The minimum absolute atomic E-state index is 0.00973. The summed E-state index contributed by atoms with van der Waals surface area (Å²) in [4.78, 5) is -0.0364. The number of rotatable bonds is 3. The van der Waals surface area contributed by atoms with Gasteiger partial charge in [0.1, 0.15) is 16.6 Å². The van der Waals surface area contributed by atoms with E-state index in [1.54, 1.807) is 0 Å². The van der Waals surface area contributed by atoms with Crippen molar-refractivity contribution in [1.82, 2.24) is 0 Å². The lowest BCUT2D eigenvalue weighted by Crippen LogP contribution is -2.12. The van der Waals surface area contributed by atoms with Crippen molar-refractivity contribution >= 4 is 44.5 Å². The molecule has 0 aliphatic heterocycles. The summed E-state index contributed by atoms with van der Waals surface area (Å²) in [5.41, 5.74) is 6.06. The van der Waals surface area contributed by atoms with Crippen LogP contribution in [0.2, 0.25) is 0 Å². The van der Waals surface area contributed by atoms with E-state index in [0.29, 0.717) is 5.69 Å². The minimum Gasteiger partial charge on any atom is -0.389 e. The Morgan fingerprint density at radius 1 is 1.10 bits per heavy atom. The molecular formula is C13H8BrF3N2S. The van der Waals surface area contributed by atoms with Crippen LogP contribution in [0.15, 0.2) is 34.8 Å². The van der Waals surface area contributed by atoms with Crippen LogP contribution < -0.4 is 11.1 Å². The van der Waals surface area contributed by atoms with Gasteiger partial charge < -0.3 is 11.1 Å². The molecule has 0 saturated heterocycles. The number of hydrogen-bond donors (Lipinski definition) is 2. The number of thiocarbonyl (C=S) groups is 1. The number of nitrogens with two attached hydrogens (primary N) is 1. The van der Waals surface area contributed by atoms with Gasteiger partial charge in [-0.3, -0.25) is 0 Å². The minimum atomic E-state index is -0.796. The van der Waals surface area contributed by atoms with Crippen LogP contribution in [0.5, 0.6) is 0 Å². The molecule has 0 heterocycles. The summed E-state index contributed by atoms with van der Waals surface area (Å²) in [6.07, 6.45) is 0. The molecule has 20 heavy (non-hydrogen) atoms. The van der Waals surface area contributed by atoms with Crippen LogP contribution >= 0.6 is 28.1 Å². The van der Waals surface area contributed by atoms with Gasteiger partial charge in [-0.2, -0.15) is 0 Å². The molecule has 0 bridgehead atoms. The molecule has 2 aromatic rings. The van der Waals surface area contributed by atoms with Gasteiger partial charge >= 0.3 is 0 Å². The van der Waals surface area contributed by atoms with E-state index in [-0.39, 0.29) is 20.7 Å². The molecule has 3 N–H and O–H groups in total. The van der Waals surface area contributed by atoms with Crippen LogP contribution in [0, 0.1) is 17.5 Å². The van der Waals surface area contributed by atoms with Crippen LogP contribution in [0.25, 0.3) is 0 Å². The zero-order valence-corrected chi connectivity index (χ0v) is 12.3. The SMILES string of the molecule is NC(=S)c1cc(F)ccc1Nc1c(F)cc(F)cc1Br. The maximum Gasteiger partial charge on any atom is 0.150 e. The van der Waals surface area contributed by atoms with Crippen LogP contribution in [0.3, 0.4) is 0 Å². The zero-order chi connectivity index (χ0) is 14.9. The van der Waals surface area contributed by atoms with Gasteiger partial charge in [0.2, 0.25) is 0 Å². The first-order valence-corrected chi connectivity index (χ1v) is 6.59. The lowest BCUT2D eigenvalue weighted by molar-refractivity contribution is 0.584. The fraction of sp³-hybridized carbons (Fsp3) is 0. The van der Waals surface area contributed by atoms with E-state index in [4.69, 9.17) is 18.0 Å². The van der Waals surface area contributed by atoms with Crippen LogP contribution in [-0.2, 0) is 0 Å². The monoisotopic (exact) mass is 360 g/mol. The first-order chi connectivity index (χ1) is 9.38. The first-order valence-electron chi connectivity index (χ1n) is 5.39. The Kier molecular flexibility index (Phi) is 4.29. The van der Waals surface area contributed by atoms with Gasteiger partial charge in [0.05, 0.1) is 5.69 Å². The summed E-state index contributed by atoms with van der Waals surface area (Å²) in [5.74, 6) is -2.03. The summed E-state index contributed by atoms with van der Waals surface area (Å²) in [5, 5.41) is 2.72. The molecule has 0 atom stereocenters. The van der Waals surface area contributed by atoms with Gasteiger partial charge in [0, 0.05) is 21.8 Å². The van der Waals surface area contributed by atoms with Crippen LogP contribution in [0.1, 0.15) is 5.56 Å². The Morgan fingerprint density at radius 2 is 1.80 bits per heavy atom. The number of nitrogens with one attached hydrogen (secondary N) is 1. The first kappa shape index (κ1) is 14.8. The van der Waals surface area contributed by atoms with Crippen molar-refractivity contribution in [3.63, 3.8) is 0 Å². The molecule has 0 radical (unpaired) electrons. The lowest BCUT2D eigenvalue weighted by atomic mass is 10.1. The standard InChI is InChI=1S/C13H8BrF3N2S/c14-9-4-7(16)5-10(17)12(9)19-11-2-1-6(15)3-8(11)13(18)20/h1-5,19H,(H2,18,20). The molecule has 0 saturated carbocycles. The molecule has 2 aromatic carbocycles. The van der Waals surface area contributed by atoms with Gasteiger partial charge in [0.25, 0.3) is 0 Å². The molecule has 0 aliphatic carbocycles. The number of benzene rings is 2. The van der Waals surface area contributed by atoms with Gasteiger partial charge in [0.15, 0.2) is 5.82 Å². The molecule has 7 heteroatoms. The molecule has 0 spiro atoms. The summed E-state index contributed by atoms with van der Waals surface area (Å²) in [6.45, 7) is 0. The second-order valence-corrected chi connectivity index (χ2v) is 5.22. The number of halogens is 4. The highest BCUT2D eigenvalue weighted by Crippen LogP contribution is 2.31. The quantitative estimate of drug-likeness (QED) is 0.803. The smallest absolute Gasteiger partial charge is 0.150 e. The molecule has 0 aliphatic rings. The van der Waals surface area contributed by atoms with E-state index in [9.17, 15) is 13.2 Å². The van der Waals surface area contributed by atoms with Gasteiger partial charge in [-0.05, 0) is 40.2 Å². The predicted molar refractivity (Wildman–Crippen MR) is 79.6 cm³/mol. The van der Waals surface area contributed by atoms with Gasteiger partial charge in [-0.15, -0.1) is 0 Å². The van der Waals surface area contributed by atoms with E-state index in [0.717, 1.165) is 18.2 Å². The van der Waals surface area contributed by atoms with Crippen LogP contribution in [0.4, 0.5) is 24.5 Å². The lowest BCUT2D eigenvalue weighted by Gasteiger charge is -2.13. The second kappa shape index (κ2) is 5.80. The Balaban J connectivity index is 2.48. The fourth-order valence-corrected chi connectivity index (χ4v) is 2.30. The Bertz CT molecular complexity index is 668. The van der Waals surface area contributed by atoms with E-state index in [2.05, 4.69) is 21.2 Å². The number of anilines is 2. The molecule has 0 fully saturated rings. The fourth-order valence-electron chi connectivity index (χ4n) is 1.63. The second-order valence-electron chi connectivity index (χ2n) is 3.92. The van der Waals surface area contributed by atoms with Crippen molar-refractivity contribution in [2.24, 2.45) is 5.73 Å². The van der Waals surface area contributed by atoms with E-state index in [1.165, 1.54) is 12.1 Å². The predicted octanol–water partition coefficient (Wildman–Crippen LogP) is 4.24. The Labute approximate surface area is 126 Å². The van der Waals surface area contributed by atoms with Crippen molar-refractivity contribution in [2.45, 2.75) is 0 Å². The van der Waals surface area contributed by atoms with Gasteiger partial charge in [-0.1, -0.05) is 12.2 Å². The summed E-state index contributed by atoms with van der Waals surface area (Å²) < 4.78 is 40.1. The van der Waals surface area contributed by atoms with Crippen molar-refractivity contribution in [3.05, 3.63) is 57.8 Å². The molecule has 0 amide bonds. The van der Waals surface area contributed by atoms with Crippen molar-refractivity contribution in [2.75, 3.05) is 5.32 Å². The third-order valence-corrected chi connectivity index (χ3v) is 3.36.